The third-order valence-electron chi connectivity index (χ3n) is 7.42. The van der Waals surface area contributed by atoms with Crippen molar-refractivity contribution in [2.45, 2.75) is 66.6 Å². The fourth-order valence-corrected chi connectivity index (χ4v) is 4.97. The van der Waals surface area contributed by atoms with Gasteiger partial charge in [-0.2, -0.15) is 0 Å². The lowest BCUT2D eigenvalue weighted by atomic mass is 10.0. The number of hydrogen-bond donors (Lipinski definition) is 4. The quantitative estimate of drug-likeness (QED) is 0.104. The maximum Gasteiger partial charge on any atom is 0.223 e. The summed E-state index contributed by atoms with van der Waals surface area (Å²) >= 11 is 0. The minimum absolute atomic E-state index is 0.0512. The number of aromatic nitrogens is 4. The Hall–Kier alpha value is -4.28. The van der Waals surface area contributed by atoms with Gasteiger partial charge in [-0.05, 0) is 47.9 Å². The molecule has 2 aromatic heterocycles. The van der Waals surface area contributed by atoms with Crippen LogP contribution >= 0.6 is 0 Å². The molecule has 0 spiro atoms. The summed E-state index contributed by atoms with van der Waals surface area (Å²) < 4.78 is 11.7. The second-order valence-corrected chi connectivity index (χ2v) is 12.2. The molecule has 0 bridgehead atoms. The van der Waals surface area contributed by atoms with Crippen molar-refractivity contribution in [3.05, 3.63) is 72.6 Å². The highest BCUT2D eigenvalue weighted by atomic mass is 16.5. The van der Waals surface area contributed by atoms with Gasteiger partial charge in [0, 0.05) is 26.3 Å². The molecule has 0 aliphatic carbocycles. The van der Waals surface area contributed by atoms with Crippen LogP contribution in [0.1, 0.15) is 78.2 Å². The van der Waals surface area contributed by atoms with Crippen molar-refractivity contribution in [1.29, 1.82) is 0 Å². The molecule has 0 aliphatic rings. The highest BCUT2D eigenvalue weighted by molar-refractivity contribution is 5.77. The van der Waals surface area contributed by atoms with Gasteiger partial charge in [-0.3, -0.25) is 9.59 Å². The highest BCUT2D eigenvalue weighted by Gasteiger charge is 2.21. The molecule has 0 unspecified atom stereocenters. The Bertz CT molecular complexity index is 1410. The molecule has 2 amide bonds. The van der Waals surface area contributed by atoms with Crippen molar-refractivity contribution in [3.8, 4) is 33.6 Å². The largest absolute Gasteiger partial charge is 0.370 e. The highest BCUT2D eigenvalue weighted by Crippen LogP contribution is 2.29. The fourth-order valence-electron chi connectivity index (χ4n) is 4.97. The predicted octanol–water partition coefficient (Wildman–Crippen LogP) is 6.61. The molecule has 2 heterocycles. The van der Waals surface area contributed by atoms with E-state index in [1.165, 1.54) is 0 Å². The number of imidazole rings is 2. The van der Waals surface area contributed by atoms with Crippen molar-refractivity contribution >= 4 is 11.8 Å². The second-order valence-electron chi connectivity index (χ2n) is 12.2. The molecule has 246 valence electrons. The van der Waals surface area contributed by atoms with Crippen LogP contribution in [-0.4, -0.2) is 58.1 Å². The first-order valence-corrected chi connectivity index (χ1v) is 16.2. The summed E-state index contributed by atoms with van der Waals surface area (Å²) in [6, 6.07) is 16.5. The Labute approximate surface area is 272 Å². The summed E-state index contributed by atoms with van der Waals surface area (Å²) in [5, 5.41) is 5.91. The lowest BCUT2D eigenvalue weighted by Crippen LogP contribution is -2.29. The van der Waals surface area contributed by atoms with Crippen LogP contribution in [-0.2, 0) is 19.1 Å². The minimum atomic E-state index is -0.436. The van der Waals surface area contributed by atoms with E-state index in [4.69, 9.17) is 9.47 Å². The van der Waals surface area contributed by atoms with E-state index in [9.17, 15) is 9.59 Å². The third kappa shape index (κ3) is 9.86. The van der Waals surface area contributed by atoms with Gasteiger partial charge in [0.2, 0.25) is 11.8 Å². The number of aromatic amines is 2. The third-order valence-corrected chi connectivity index (χ3v) is 7.42. The zero-order chi connectivity index (χ0) is 33.1. The molecule has 0 saturated heterocycles. The predicted molar refractivity (Wildman–Crippen MR) is 181 cm³/mol. The van der Waals surface area contributed by atoms with E-state index in [0.29, 0.717) is 49.8 Å². The average molecular weight is 629 g/mol. The molecule has 0 fully saturated rings. The first-order valence-electron chi connectivity index (χ1n) is 16.2. The first kappa shape index (κ1) is 34.6. The lowest BCUT2D eigenvalue weighted by Gasteiger charge is -2.15. The minimum Gasteiger partial charge on any atom is -0.370 e. The van der Waals surface area contributed by atoms with Crippen LogP contribution in [0.2, 0.25) is 0 Å². The maximum atomic E-state index is 12.4. The van der Waals surface area contributed by atoms with Crippen molar-refractivity contribution in [1.82, 2.24) is 30.6 Å². The normalized spacial score (nSPS) is 12.8. The maximum absolute atomic E-state index is 12.4. The molecule has 4 aromatic rings. The van der Waals surface area contributed by atoms with Crippen molar-refractivity contribution in [2.75, 3.05) is 26.3 Å². The summed E-state index contributed by atoms with van der Waals surface area (Å²) in [5.74, 6) is 1.94. The molecule has 2 atom stereocenters. The molecule has 4 N–H and O–H groups in total. The standard InChI is InChI=1S/C36H48N6O4/c1-7-45-31(17-33(43)37-19-23(3)4)35-39-21-29(41-35)27-13-9-25(10-14-27)26-11-15-28(16-12-26)30-22-40-36(42-30)32(46-8-2)18-34(44)38-20-24(5)6/h9-16,21-24,31-32H,7-8,17-20H2,1-6H3,(H,37,43)(H,38,44)(H,39,41)(H,40,42)/t31-,32-/m1/s1. The molecular weight excluding hydrogens is 580 g/mol. The van der Waals surface area contributed by atoms with E-state index in [1.807, 2.05) is 13.8 Å². The number of hydrogen-bond acceptors (Lipinski definition) is 6. The zero-order valence-electron chi connectivity index (χ0n) is 27.9. The smallest absolute Gasteiger partial charge is 0.223 e. The summed E-state index contributed by atoms with van der Waals surface area (Å²) in [7, 11) is 0. The van der Waals surface area contributed by atoms with Gasteiger partial charge in [-0.1, -0.05) is 76.2 Å². The van der Waals surface area contributed by atoms with Crippen LogP contribution in [0.3, 0.4) is 0 Å². The van der Waals surface area contributed by atoms with Gasteiger partial charge in [0.15, 0.2) is 0 Å². The van der Waals surface area contributed by atoms with E-state index in [1.54, 1.807) is 12.4 Å². The van der Waals surface area contributed by atoms with Gasteiger partial charge in [0.05, 0.1) is 36.6 Å². The molecule has 0 saturated carbocycles. The summed E-state index contributed by atoms with van der Waals surface area (Å²) in [6.07, 6.45) is 3.12. The number of benzene rings is 2. The van der Waals surface area contributed by atoms with Gasteiger partial charge >= 0.3 is 0 Å². The zero-order valence-corrected chi connectivity index (χ0v) is 27.9. The Kier molecular flexibility index (Phi) is 12.7. The van der Waals surface area contributed by atoms with Crippen LogP contribution in [0, 0.1) is 11.8 Å². The molecule has 0 radical (unpaired) electrons. The fraction of sp³-hybridized carbons (Fsp3) is 0.444. The Morgan fingerprint density at radius 1 is 0.630 bits per heavy atom. The van der Waals surface area contributed by atoms with Crippen LogP contribution in [0.15, 0.2) is 60.9 Å². The van der Waals surface area contributed by atoms with E-state index in [0.717, 1.165) is 33.6 Å². The van der Waals surface area contributed by atoms with Gasteiger partial charge in [-0.25, -0.2) is 9.97 Å². The molecule has 4 rings (SSSR count). The van der Waals surface area contributed by atoms with Crippen LogP contribution in [0.25, 0.3) is 33.6 Å². The molecule has 10 heteroatoms. The summed E-state index contributed by atoms with van der Waals surface area (Å²) in [4.78, 5) is 40.6. The molecular formula is C36H48N6O4. The first-order chi connectivity index (χ1) is 22.2. The number of H-pyrrole nitrogens is 2. The molecule has 0 aliphatic heterocycles. The molecule has 2 aromatic carbocycles. The molecule has 10 nitrogen and oxygen atoms in total. The summed E-state index contributed by atoms with van der Waals surface area (Å²) in [6.45, 7) is 14.3. The number of rotatable bonds is 17. The van der Waals surface area contributed by atoms with Crippen LogP contribution in [0.5, 0.6) is 0 Å². The van der Waals surface area contributed by atoms with Gasteiger partial charge in [0.1, 0.15) is 23.9 Å². The monoisotopic (exact) mass is 628 g/mol. The average Bonchev–Trinajstić information content (AvgIpc) is 3.74. The number of ether oxygens (including phenoxy) is 2. The summed E-state index contributed by atoms with van der Waals surface area (Å²) in [5.41, 5.74) is 5.87. The SMILES string of the molecule is CCO[C@H](CC(=O)NCC(C)C)c1ncc(-c2ccc(-c3ccc(-c4cnc([C@@H](CC(=O)NCC(C)C)OCC)[nH]4)cc3)cc2)[nH]1. The Morgan fingerprint density at radius 2 is 0.978 bits per heavy atom. The van der Waals surface area contributed by atoms with E-state index < -0.39 is 12.2 Å². The number of nitrogens with one attached hydrogen (secondary N) is 4. The topological polar surface area (TPSA) is 134 Å². The van der Waals surface area contributed by atoms with Crippen molar-refractivity contribution < 1.29 is 19.1 Å². The number of amides is 2. The Morgan fingerprint density at radius 3 is 1.30 bits per heavy atom. The van der Waals surface area contributed by atoms with Crippen molar-refractivity contribution in [3.63, 3.8) is 0 Å². The number of nitrogens with zero attached hydrogens (tertiary/aromatic N) is 2. The Balaban J connectivity index is 1.40. The number of carbonyl (C=O) groups excluding carboxylic acids is 2. The lowest BCUT2D eigenvalue weighted by molar-refractivity contribution is -0.125. The van der Waals surface area contributed by atoms with E-state index in [-0.39, 0.29) is 24.7 Å². The van der Waals surface area contributed by atoms with E-state index >= 15 is 0 Å². The molecule has 46 heavy (non-hydrogen) atoms. The number of carbonyl (C=O) groups is 2. The van der Waals surface area contributed by atoms with Gasteiger partial charge in [0.25, 0.3) is 0 Å². The second kappa shape index (κ2) is 16.9. The van der Waals surface area contributed by atoms with Gasteiger partial charge < -0.3 is 30.1 Å². The van der Waals surface area contributed by atoms with Crippen molar-refractivity contribution in [2.24, 2.45) is 11.8 Å². The van der Waals surface area contributed by atoms with Gasteiger partial charge in [-0.15, -0.1) is 0 Å². The van der Waals surface area contributed by atoms with Crippen LogP contribution in [0.4, 0.5) is 0 Å². The van der Waals surface area contributed by atoms with E-state index in [2.05, 4.69) is 107 Å². The van der Waals surface area contributed by atoms with Crippen LogP contribution < -0.4 is 10.6 Å².